The number of H-pyrrole nitrogens is 1. The molecule has 5 aromatic rings. The average Bonchev–Trinajstić information content (AvgIpc) is 3.60. The number of aryl methyl sites for hydroxylation is 3. The lowest BCUT2D eigenvalue weighted by Crippen LogP contribution is -2.23. The van der Waals surface area contributed by atoms with Gasteiger partial charge in [-0.2, -0.15) is 0 Å². The number of benzene rings is 3. The van der Waals surface area contributed by atoms with Crippen molar-refractivity contribution in [1.29, 1.82) is 0 Å². The lowest BCUT2D eigenvalue weighted by Gasteiger charge is -2.35. The van der Waals surface area contributed by atoms with E-state index in [1.165, 1.54) is 64.6 Å². The number of hydrogen-bond acceptors (Lipinski definition) is 3. The van der Waals surface area contributed by atoms with Gasteiger partial charge in [0.1, 0.15) is 5.82 Å². The molecule has 48 heavy (non-hydrogen) atoms. The zero-order valence-corrected chi connectivity index (χ0v) is 29.5. The van der Waals surface area contributed by atoms with Crippen molar-refractivity contribution in [3.8, 4) is 0 Å². The molecule has 0 saturated heterocycles. The van der Waals surface area contributed by atoms with Gasteiger partial charge < -0.3 is 4.98 Å². The monoisotopic (exact) mass is 647 g/mol. The molecule has 1 aliphatic carbocycles. The lowest BCUT2D eigenvalue weighted by atomic mass is 9.89. The largest absolute Gasteiger partial charge is 0.353 e. The van der Waals surface area contributed by atoms with Crippen LogP contribution in [0.3, 0.4) is 0 Å². The second-order valence-corrected chi connectivity index (χ2v) is 14.2. The average molecular weight is 648 g/mol. The number of anilines is 2. The Hall–Kier alpha value is -4.67. The van der Waals surface area contributed by atoms with Crippen LogP contribution in [-0.2, 0) is 12.8 Å². The summed E-state index contributed by atoms with van der Waals surface area (Å²) in [5.41, 5.74) is 11.4. The third-order valence-electron chi connectivity index (χ3n) is 9.81. The third-order valence-corrected chi connectivity index (χ3v) is 10.9. The maximum atomic E-state index is 4.68. The molecule has 0 amide bonds. The first-order chi connectivity index (χ1) is 23.5. The van der Waals surface area contributed by atoms with Gasteiger partial charge in [0.25, 0.3) is 0 Å². The van der Waals surface area contributed by atoms with E-state index >= 15 is 0 Å². The predicted molar refractivity (Wildman–Crippen MR) is 211 cm³/mol. The standard InChI is InChI=1S/C44H45N3S/c1-6-8-18-34-30(4)48-41-21-15-12-17-32(27-37(34)41)16-10-9-11-22-42(45-5)47-40-24-23-31(7-2)26-33(40)28-36-29(3)25-38-35-19-13-14-20-39(35)46-43(38)44(36)47/h8-10,12-14,17-27,32,46H,5-7,11,15-16,28H2,1-4H3/b10-9-,17-12?,18-8-,37-27-,41-21+,42-22+. The minimum absolute atomic E-state index is 0.365. The van der Waals surface area contributed by atoms with Crippen LogP contribution >= 0.6 is 11.3 Å². The molecule has 1 aliphatic heterocycles. The molecule has 2 aliphatic rings. The summed E-state index contributed by atoms with van der Waals surface area (Å²) >= 11 is 1.92. The number of aromatic amines is 1. The molecule has 3 aromatic carbocycles. The number of nitrogens with one attached hydrogen (secondary N) is 1. The Morgan fingerprint density at radius 2 is 1.94 bits per heavy atom. The lowest BCUT2D eigenvalue weighted by molar-refractivity contribution is 0.868. The molecule has 0 saturated carbocycles. The topological polar surface area (TPSA) is 31.4 Å². The van der Waals surface area contributed by atoms with Gasteiger partial charge in [-0.05, 0) is 116 Å². The van der Waals surface area contributed by atoms with Crippen molar-refractivity contribution < 1.29 is 0 Å². The molecule has 0 fully saturated rings. The van der Waals surface area contributed by atoms with Crippen LogP contribution in [-0.4, -0.2) is 11.7 Å². The quantitative estimate of drug-likeness (QED) is 0.125. The van der Waals surface area contributed by atoms with E-state index < -0.39 is 0 Å². The fourth-order valence-corrected chi connectivity index (χ4v) is 8.42. The van der Waals surface area contributed by atoms with Crippen LogP contribution in [0.5, 0.6) is 0 Å². The van der Waals surface area contributed by atoms with Gasteiger partial charge in [0.2, 0.25) is 0 Å². The van der Waals surface area contributed by atoms with Crippen molar-refractivity contribution in [3.05, 3.63) is 133 Å². The highest BCUT2D eigenvalue weighted by Crippen LogP contribution is 2.47. The number of nitrogens with zero attached hydrogens (tertiary/aromatic N) is 2. The van der Waals surface area contributed by atoms with Crippen LogP contribution in [0.4, 0.5) is 11.4 Å². The maximum Gasteiger partial charge on any atom is 0.133 e. The summed E-state index contributed by atoms with van der Waals surface area (Å²) in [6, 6.07) is 17.9. The summed E-state index contributed by atoms with van der Waals surface area (Å²) < 4.78 is 1.40. The first-order valence-electron chi connectivity index (χ1n) is 17.4. The van der Waals surface area contributed by atoms with Crippen LogP contribution in [0.25, 0.3) is 40.0 Å². The fourth-order valence-electron chi connectivity index (χ4n) is 7.34. The Bertz CT molecular complexity index is 2270. The minimum Gasteiger partial charge on any atom is -0.353 e. The highest BCUT2D eigenvalue weighted by molar-refractivity contribution is 7.10. The second kappa shape index (κ2) is 13.8. The van der Waals surface area contributed by atoms with E-state index in [2.05, 4.69) is 153 Å². The molecule has 3 heterocycles. The van der Waals surface area contributed by atoms with E-state index in [-0.39, 0.29) is 0 Å². The van der Waals surface area contributed by atoms with Gasteiger partial charge >= 0.3 is 0 Å². The van der Waals surface area contributed by atoms with E-state index in [9.17, 15) is 0 Å². The van der Waals surface area contributed by atoms with Crippen molar-refractivity contribution in [3.63, 3.8) is 0 Å². The summed E-state index contributed by atoms with van der Waals surface area (Å²) in [6.45, 7) is 13.0. The number of rotatable bonds is 9. The zero-order valence-electron chi connectivity index (χ0n) is 28.6. The molecule has 1 atom stereocenters. The van der Waals surface area contributed by atoms with Crippen molar-refractivity contribution >= 4 is 69.5 Å². The van der Waals surface area contributed by atoms with Crippen LogP contribution in [0, 0.1) is 19.8 Å². The number of thiophene rings is 1. The summed E-state index contributed by atoms with van der Waals surface area (Å²) in [4.78, 5) is 12.2. The van der Waals surface area contributed by atoms with Crippen molar-refractivity contribution in [2.24, 2.45) is 10.9 Å². The zero-order chi connectivity index (χ0) is 33.2. The Morgan fingerprint density at radius 3 is 2.77 bits per heavy atom. The third kappa shape index (κ3) is 5.95. The van der Waals surface area contributed by atoms with Crippen molar-refractivity contribution in [2.45, 2.75) is 66.2 Å². The Balaban J connectivity index is 1.23. The smallest absolute Gasteiger partial charge is 0.133 e. The molecular weight excluding hydrogens is 603 g/mol. The maximum absolute atomic E-state index is 4.68. The van der Waals surface area contributed by atoms with Gasteiger partial charge in [0.05, 0.1) is 16.9 Å². The SMILES string of the molecule is C=N/C(=C\C/C=C\CC1C=CC/C=c2/sc(C)c(/C=C\CC)/c2=C/1)N1c2ccc(CC)cc2Cc2c(C)cc3c([nH]c4ccccc43)c21. The fraction of sp³-hybridized carbons (Fsp3) is 0.250. The van der Waals surface area contributed by atoms with Gasteiger partial charge in [-0.3, -0.25) is 4.90 Å². The highest BCUT2D eigenvalue weighted by atomic mass is 32.1. The van der Waals surface area contributed by atoms with E-state index in [4.69, 9.17) is 0 Å². The van der Waals surface area contributed by atoms with E-state index in [1.807, 2.05) is 11.3 Å². The summed E-state index contributed by atoms with van der Waals surface area (Å²) in [6.07, 6.45) is 26.7. The molecule has 2 aromatic heterocycles. The number of hydrogen-bond donors (Lipinski definition) is 1. The first kappa shape index (κ1) is 31.9. The molecule has 1 unspecified atom stereocenters. The number of para-hydroxylation sites is 1. The Kier molecular flexibility index (Phi) is 9.19. The highest BCUT2D eigenvalue weighted by Gasteiger charge is 2.29. The first-order valence-corrected chi connectivity index (χ1v) is 18.2. The molecule has 4 heteroatoms. The van der Waals surface area contributed by atoms with Gasteiger partial charge in [0, 0.05) is 32.1 Å². The van der Waals surface area contributed by atoms with Gasteiger partial charge in [0.15, 0.2) is 0 Å². The van der Waals surface area contributed by atoms with Crippen molar-refractivity contribution in [2.75, 3.05) is 4.90 Å². The summed E-state index contributed by atoms with van der Waals surface area (Å²) in [7, 11) is 0. The molecule has 0 spiro atoms. The van der Waals surface area contributed by atoms with Crippen LogP contribution < -0.4 is 14.7 Å². The summed E-state index contributed by atoms with van der Waals surface area (Å²) in [5, 5.41) is 3.90. The molecular formula is C44H45N3S. The molecule has 7 rings (SSSR count). The van der Waals surface area contributed by atoms with Crippen LogP contribution in [0.1, 0.15) is 72.2 Å². The molecule has 0 bridgehead atoms. The molecule has 1 N–H and O–H groups in total. The van der Waals surface area contributed by atoms with Gasteiger partial charge in [-0.25, -0.2) is 4.99 Å². The van der Waals surface area contributed by atoms with E-state index in [1.54, 1.807) is 0 Å². The number of aliphatic imine (C=N–C) groups is 1. The number of aromatic nitrogens is 1. The van der Waals surface area contributed by atoms with E-state index in [0.29, 0.717) is 5.92 Å². The molecule has 0 radical (unpaired) electrons. The summed E-state index contributed by atoms with van der Waals surface area (Å²) in [5.74, 6) is 1.24. The van der Waals surface area contributed by atoms with Gasteiger partial charge in [-0.15, -0.1) is 11.3 Å². The van der Waals surface area contributed by atoms with E-state index in [0.717, 1.165) is 55.4 Å². The van der Waals surface area contributed by atoms with Crippen LogP contribution in [0.2, 0.25) is 0 Å². The predicted octanol–water partition coefficient (Wildman–Crippen LogP) is 10.7. The Labute approximate surface area is 288 Å². The molecule has 3 nitrogen and oxygen atoms in total. The van der Waals surface area contributed by atoms with Crippen molar-refractivity contribution in [1.82, 2.24) is 4.98 Å². The van der Waals surface area contributed by atoms with Crippen LogP contribution in [0.15, 0.2) is 95.8 Å². The second-order valence-electron chi connectivity index (χ2n) is 13.0. The minimum atomic E-state index is 0.365. The normalized spacial score (nSPS) is 17.5. The van der Waals surface area contributed by atoms with Gasteiger partial charge in [-0.1, -0.05) is 92.8 Å². The Morgan fingerprint density at radius 1 is 1.06 bits per heavy atom. The molecule has 242 valence electrons. The number of allylic oxidation sites excluding steroid dienone is 6. The number of fused-ring (bicyclic) bond motifs is 7.